The second-order valence-electron chi connectivity index (χ2n) is 6.31. The average molecular weight is 386 g/mol. The van der Waals surface area contributed by atoms with Gasteiger partial charge in [0.15, 0.2) is 0 Å². The molecule has 0 radical (unpaired) electrons. The number of pyridine rings is 1. The van der Waals surface area contributed by atoms with Gasteiger partial charge in [-0.2, -0.15) is 0 Å². The highest BCUT2D eigenvalue weighted by Crippen LogP contribution is 2.25. The SMILES string of the molecule is CCN(CC(=O)NCc1ccc(F)cc1)Cc1ccc(Cl)c2cccnc12. The number of halogens is 2. The lowest BCUT2D eigenvalue weighted by Crippen LogP contribution is -2.36. The minimum atomic E-state index is -0.286. The first-order valence-electron chi connectivity index (χ1n) is 8.82. The van der Waals surface area contributed by atoms with Gasteiger partial charge in [0, 0.05) is 29.7 Å². The van der Waals surface area contributed by atoms with Crippen LogP contribution in [-0.2, 0) is 17.9 Å². The molecular formula is C21H21ClFN3O. The number of benzene rings is 2. The molecule has 1 amide bonds. The molecule has 0 bridgehead atoms. The molecule has 0 saturated carbocycles. The highest BCUT2D eigenvalue weighted by atomic mass is 35.5. The summed E-state index contributed by atoms with van der Waals surface area (Å²) in [5.74, 6) is -0.363. The van der Waals surface area contributed by atoms with Gasteiger partial charge in [0.25, 0.3) is 0 Å². The van der Waals surface area contributed by atoms with Crippen LogP contribution in [0.25, 0.3) is 10.9 Å². The van der Waals surface area contributed by atoms with Crippen molar-refractivity contribution in [1.29, 1.82) is 0 Å². The molecule has 0 atom stereocenters. The first-order chi connectivity index (χ1) is 13.1. The first-order valence-corrected chi connectivity index (χ1v) is 9.20. The number of rotatable bonds is 7. The maximum atomic E-state index is 12.9. The van der Waals surface area contributed by atoms with Crippen LogP contribution in [0.15, 0.2) is 54.7 Å². The van der Waals surface area contributed by atoms with Crippen molar-refractivity contribution in [2.45, 2.75) is 20.0 Å². The Morgan fingerprint density at radius 3 is 2.70 bits per heavy atom. The van der Waals surface area contributed by atoms with Gasteiger partial charge in [0.2, 0.25) is 5.91 Å². The van der Waals surface area contributed by atoms with Gasteiger partial charge in [-0.15, -0.1) is 0 Å². The van der Waals surface area contributed by atoms with E-state index in [4.69, 9.17) is 11.6 Å². The molecule has 3 rings (SSSR count). The number of amides is 1. The number of aromatic nitrogens is 1. The van der Waals surface area contributed by atoms with E-state index in [1.54, 1.807) is 18.3 Å². The monoisotopic (exact) mass is 385 g/mol. The molecule has 1 N–H and O–H groups in total. The zero-order valence-corrected chi connectivity index (χ0v) is 15.8. The van der Waals surface area contributed by atoms with E-state index in [-0.39, 0.29) is 18.3 Å². The Morgan fingerprint density at radius 1 is 1.19 bits per heavy atom. The van der Waals surface area contributed by atoms with Gasteiger partial charge in [-0.3, -0.25) is 14.7 Å². The minimum absolute atomic E-state index is 0.0765. The molecule has 140 valence electrons. The van der Waals surface area contributed by atoms with Crippen LogP contribution in [0.3, 0.4) is 0 Å². The van der Waals surface area contributed by atoms with E-state index in [9.17, 15) is 9.18 Å². The van der Waals surface area contributed by atoms with Crippen LogP contribution in [0, 0.1) is 5.82 Å². The molecule has 6 heteroatoms. The Bertz CT molecular complexity index is 930. The van der Waals surface area contributed by atoms with Crippen LogP contribution in [-0.4, -0.2) is 28.9 Å². The van der Waals surface area contributed by atoms with E-state index in [2.05, 4.69) is 10.3 Å². The third-order valence-corrected chi connectivity index (χ3v) is 4.74. The first kappa shape index (κ1) is 19.3. The summed E-state index contributed by atoms with van der Waals surface area (Å²) in [5, 5.41) is 4.45. The van der Waals surface area contributed by atoms with Gasteiger partial charge in [-0.25, -0.2) is 4.39 Å². The Kier molecular flexibility index (Phi) is 6.37. The maximum Gasteiger partial charge on any atom is 0.234 e. The fraction of sp³-hybridized carbons (Fsp3) is 0.238. The predicted molar refractivity (Wildman–Crippen MR) is 106 cm³/mol. The zero-order chi connectivity index (χ0) is 19.2. The summed E-state index contributed by atoms with van der Waals surface area (Å²) in [6, 6.07) is 13.7. The summed E-state index contributed by atoms with van der Waals surface area (Å²) in [7, 11) is 0. The summed E-state index contributed by atoms with van der Waals surface area (Å²) in [5.41, 5.74) is 2.75. The van der Waals surface area contributed by atoms with Gasteiger partial charge in [0.1, 0.15) is 5.82 Å². The number of hydrogen-bond donors (Lipinski definition) is 1. The van der Waals surface area contributed by atoms with Crippen molar-refractivity contribution in [2.24, 2.45) is 0 Å². The number of hydrogen-bond acceptors (Lipinski definition) is 3. The van der Waals surface area contributed by atoms with E-state index in [0.717, 1.165) is 28.6 Å². The fourth-order valence-corrected chi connectivity index (χ4v) is 3.12. The summed E-state index contributed by atoms with van der Waals surface area (Å²) in [4.78, 5) is 18.8. The zero-order valence-electron chi connectivity index (χ0n) is 15.1. The Balaban J connectivity index is 1.63. The molecule has 0 spiro atoms. The van der Waals surface area contributed by atoms with Gasteiger partial charge >= 0.3 is 0 Å². The van der Waals surface area contributed by atoms with Crippen molar-refractivity contribution in [1.82, 2.24) is 15.2 Å². The molecule has 0 aliphatic carbocycles. The van der Waals surface area contributed by atoms with Crippen LogP contribution in [0.5, 0.6) is 0 Å². The number of nitrogens with one attached hydrogen (secondary N) is 1. The highest BCUT2D eigenvalue weighted by molar-refractivity contribution is 6.35. The molecule has 1 aromatic heterocycles. The summed E-state index contributed by atoms with van der Waals surface area (Å²) in [6.45, 7) is 3.99. The molecule has 0 unspecified atom stereocenters. The topological polar surface area (TPSA) is 45.2 Å². The van der Waals surface area contributed by atoms with Crippen molar-refractivity contribution < 1.29 is 9.18 Å². The Labute approximate surface area is 163 Å². The van der Waals surface area contributed by atoms with Crippen LogP contribution in [0.4, 0.5) is 4.39 Å². The lowest BCUT2D eigenvalue weighted by Gasteiger charge is -2.21. The molecule has 0 fully saturated rings. The number of likely N-dealkylation sites (N-methyl/N-ethyl adjacent to an activating group) is 1. The normalized spacial score (nSPS) is 11.1. The predicted octanol–water partition coefficient (Wildman–Crippen LogP) is 4.17. The van der Waals surface area contributed by atoms with E-state index < -0.39 is 0 Å². The average Bonchev–Trinajstić information content (AvgIpc) is 2.69. The van der Waals surface area contributed by atoms with Crippen LogP contribution in [0.1, 0.15) is 18.1 Å². The van der Waals surface area contributed by atoms with Crippen molar-refractivity contribution in [3.05, 3.63) is 76.7 Å². The molecule has 2 aromatic carbocycles. The molecule has 0 aliphatic heterocycles. The van der Waals surface area contributed by atoms with Crippen molar-refractivity contribution in [2.75, 3.05) is 13.1 Å². The second-order valence-corrected chi connectivity index (χ2v) is 6.72. The Morgan fingerprint density at radius 2 is 1.96 bits per heavy atom. The molecular weight excluding hydrogens is 365 g/mol. The van der Waals surface area contributed by atoms with Gasteiger partial charge in [-0.05, 0) is 48.0 Å². The lowest BCUT2D eigenvalue weighted by atomic mass is 10.1. The largest absolute Gasteiger partial charge is 0.351 e. The van der Waals surface area contributed by atoms with Crippen molar-refractivity contribution >= 4 is 28.4 Å². The Hall–Kier alpha value is -2.50. The standard InChI is InChI=1S/C21H21ClFN3O/c1-2-26(14-20(27)25-12-15-5-8-17(23)9-6-15)13-16-7-10-19(22)18-4-3-11-24-21(16)18/h3-11H,2,12-14H2,1H3,(H,25,27). The molecule has 3 aromatic rings. The third kappa shape index (κ3) is 5.02. The van der Waals surface area contributed by atoms with Gasteiger partial charge in [0.05, 0.1) is 12.1 Å². The number of nitrogens with zero attached hydrogens (tertiary/aromatic N) is 2. The summed E-state index contributed by atoms with van der Waals surface area (Å²) >= 11 is 6.25. The van der Waals surface area contributed by atoms with Crippen molar-refractivity contribution in [3.63, 3.8) is 0 Å². The number of carbonyl (C=O) groups excluding carboxylic acids is 1. The van der Waals surface area contributed by atoms with Gasteiger partial charge < -0.3 is 5.32 Å². The van der Waals surface area contributed by atoms with Crippen LogP contribution < -0.4 is 5.32 Å². The number of carbonyl (C=O) groups is 1. The molecule has 27 heavy (non-hydrogen) atoms. The quantitative estimate of drug-likeness (QED) is 0.664. The minimum Gasteiger partial charge on any atom is -0.351 e. The maximum absolute atomic E-state index is 12.9. The van der Waals surface area contributed by atoms with Crippen molar-refractivity contribution in [3.8, 4) is 0 Å². The third-order valence-electron chi connectivity index (χ3n) is 4.41. The van der Waals surface area contributed by atoms with Crippen LogP contribution >= 0.6 is 11.6 Å². The summed E-state index contributed by atoms with van der Waals surface area (Å²) < 4.78 is 12.9. The molecule has 0 saturated heterocycles. The van der Waals surface area contributed by atoms with Gasteiger partial charge in [-0.1, -0.05) is 36.7 Å². The molecule has 1 heterocycles. The second kappa shape index (κ2) is 8.93. The molecule has 0 aliphatic rings. The summed E-state index contributed by atoms with van der Waals surface area (Å²) in [6.07, 6.45) is 1.74. The van der Waals surface area contributed by atoms with E-state index in [1.165, 1.54) is 12.1 Å². The molecule has 4 nitrogen and oxygen atoms in total. The fourth-order valence-electron chi connectivity index (χ4n) is 2.91. The van der Waals surface area contributed by atoms with E-state index in [1.807, 2.05) is 36.1 Å². The highest BCUT2D eigenvalue weighted by Gasteiger charge is 2.13. The van der Waals surface area contributed by atoms with Crippen LogP contribution in [0.2, 0.25) is 5.02 Å². The number of fused-ring (bicyclic) bond motifs is 1. The van der Waals surface area contributed by atoms with E-state index >= 15 is 0 Å². The smallest absolute Gasteiger partial charge is 0.234 e. The lowest BCUT2D eigenvalue weighted by molar-refractivity contribution is -0.122. The van der Waals surface area contributed by atoms with E-state index in [0.29, 0.717) is 18.1 Å².